The van der Waals surface area contributed by atoms with E-state index < -0.39 is 122 Å². The molecule has 0 fully saturated rings. The molecular formula is C29H41N7O14. The monoisotopic (exact) mass is 711 g/mol. The predicted octanol–water partition coefficient (Wildman–Crippen LogP) is -2.77. The second kappa shape index (κ2) is 20.1. The average molecular weight is 712 g/mol. The maximum absolute atomic E-state index is 13.6. The Morgan fingerprint density at radius 2 is 1.30 bits per heavy atom. The van der Waals surface area contributed by atoms with Gasteiger partial charge in [-0.05, 0) is 33.1 Å². The highest BCUT2D eigenvalue weighted by Gasteiger charge is 2.44. The molecule has 0 saturated carbocycles. The van der Waals surface area contributed by atoms with Gasteiger partial charge in [-0.2, -0.15) is 10.0 Å². The van der Waals surface area contributed by atoms with Gasteiger partial charge >= 0.3 is 11.9 Å². The summed E-state index contributed by atoms with van der Waals surface area (Å²) in [5, 5.41) is 23.3. The van der Waals surface area contributed by atoms with Crippen molar-refractivity contribution < 1.29 is 67.7 Å². The Balaban J connectivity index is 3.23. The van der Waals surface area contributed by atoms with Gasteiger partial charge in [0.05, 0.1) is 6.04 Å². The number of rotatable bonds is 21. The molecule has 0 spiro atoms. The Hall–Kier alpha value is -5.57. The summed E-state index contributed by atoms with van der Waals surface area (Å²) < 4.78 is 4.79. The number of amides is 8. The fourth-order valence-corrected chi connectivity index (χ4v) is 4.09. The predicted molar refractivity (Wildman–Crippen MR) is 165 cm³/mol. The highest BCUT2D eigenvalue weighted by Crippen LogP contribution is 2.18. The van der Waals surface area contributed by atoms with Crippen LogP contribution in [0.5, 0.6) is 0 Å². The number of carboxylic acid groups (broad SMARTS) is 2. The molecule has 0 aromatic carbocycles. The molecule has 0 unspecified atom stereocenters. The number of nitrogens with zero attached hydrogens (tertiary/aromatic N) is 3. The van der Waals surface area contributed by atoms with Gasteiger partial charge in [-0.3, -0.25) is 52.7 Å². The Kier molecular flexibility index (Phi) is 17.0. The van der Waals surface area contributed by atoms with Gasteiger partial charge in [-0.15, -0.1) is 0 Å². The summed E-state index contributed by atoms with van der Waals surface area (Å²) in [6.07, 6.45) is -1.36. The number of hydrazine groups is 2. The molecule has 0 saturated heterocycles. The van der Waals surface area contributed by atoms with Crippen LogP contribution in [0.15, 0.2) is 12.2 Å². The largest absolute Gasteiger partial charge is 0.481 e. The van der Waals surface area contributed by atoms with Crippen LogP contribution in [0.3, 0.4) is 0 Å². The molecule has 0 aromatic rings. The number of hydrogen-bond acceptors (Lipinski definition) is 14. The summed E-state index contributed by atoms with van der Waals surface area (Å²) in [6, 6.07) is -2.69. The van der Waals surface area contributed by atoms with Gasteiger partial charge in [0, 0.05) is 57.3 Å². The van der Waals surface area contributed by atoms with Crippen LogP contribution < -0.4 is 21.8 Å². The number of carboxylic acids is 2. The van der Waals surface area contributed by atoms with Gasteiger partial charge in [0.2, 0.25) is 17.7 Å². The van der Waals surface area contributed by atoms with Crippen LogP contribution in [0, 0.1) is 0 Å². The lowest BCUT2D eigenvalue weighted by molar-refractivity contribution is -0.189. The fraction of sp³-hybridized carbons (Fsp3) is 0.552. The molecule has 0 aliphatic carbocycles. The van der Waals surface area contributed by atoms with E-state index in [2.05, 4.69) is 16.1 Å². The van der Waals surface area contributed by atoms with Crippen molar-refractivity contribution in [2.24, 2.45) is 5.73 Å². The Morgan fingerprint density at radius 3 is 1.80 bits per heavy atom. The summed E-state index contributed by atoms with van der Waals surface area (Å²) in [4.78, 5) is 136. The minimum Gasteiger partial charge on any atom is -0.481 e. The van der Waals surface area contributed by atoms with Gasteiger partial charge in [-0.1, -0.05) is 6.92 Å². The zero-order chi connectivity index (χ0) is 38.2. The van der Waals surface area contributed by atoms with E-state index in [9.17, 15) is 52.7 Å². The van der Waals surface area contributed by atoms with Crippen molar-refractivity contribution in [2.45, 2.75) is 89.8 Å². The lowest BCUT2D eigenvalue weighted by atomic mass is 10.1. The van der Waals surface area contributed by atoms with Gasteiger partial charge in [0.15, 0.2) is 5.60 Å². The quantitative estimate of drug-likeness (QED) is 0.0399. The van der Waals surface area contributed by atoms with E-state index in [1.165, 1.54) is 0 Å². The highest BCUT2D eigenvalue weighted by molar-refractivity contribution is 6.12. The summed E-state index contributed by atoms with van der Waals surface area (Å²) in [5.41, 5.74) is 5.87. The Morgan fingerprint density at radius 1 is 0.820 bits per heavy atom. The Labute approximate surface area is 285 Å². The molecule has 1 heterocycles. The van der Waals surface area contributed by atoms with Gasteiger partial charge < -0.3 is 31.3 Å². The van der Waals surface area contributed by atoms with Crippen molar-refractivity contribution in [1.82, 2.24) is 31.1 Å². The third-order valence-electron chi connectivity index (χ3n) is 6.76. The SMILES string of the molecule is CCCC(=O)N(C(=O)CCNC(=O)[C@@H](N)CCC(=O)O)N(C(=O)CCNC(=O)[C@H](CCC(=O)O)NN1C(=O)C=CC1=O)C(=O)C(C)(C)OC=O. The van der Waals surface area contributed by atoms with Crippen LogP contribution in [0.2, 0.25) is 0 Å². The van der Waals surface area contributed by atoms with E-state index in [1.807, 2.05) is 0 Å². The number of aliphatic carboxylic acids is 2. The number of imide groups is 3. The van der Waals surface area contributed by atoms with Crippen LogP contribution in [0.1, 0.15) is 72.1 Å². The van der Waals surface area contributed by atoms with Crippen LogP contribution in [-0.2, 0) is 57.5 Å². The van der Waals surface area contributed by atoms with Crippen LogP contribution in [0.25, 0.3) is 0 Å². The minimum absolute atomic E-state index is 0.0976. The third-order valence-corrected chi connectivity index (χ3v) is 6.76. The number of carbonyl (C=O) groups is 11. The molecule has 21 heteroatoms. The van der Waals surface area contributed by atoms with E-state index >= 15 is 0 Å². The first-order chi connectivity index (χ1) is 23.4. The van der Waals surface area contributed by atoms with E-state index in [4.69, 9.17) is 20.7 Å². The smallest absolute Gasteiger partial charge is 0.303 e. The third kappa shape index (κ3) is 13.1. The van der Waals surface area contributed by atoms with Crippen LogP contribution in [-0.4, -0.2) is 122 Å². The van der Waals surface area contributed by atoms with E-state index in [-0.39, 0.29) is 35.8 Å². The van der Waals surface area contributed by atoms with Crippen LogP contribution in [0.4, 0.5) is 0 Å². The maximum Gasteiger partial charge on any atom is 0.303 e. The fourth-order valence-electron chi connectivity index (χ4n) is 4.09. The first kappa shape index (κ1) is 42.5. The van der Waals surface area contributed by atoms with Crippen molar-refractivity contribution in [2.75, 3.05) is 13.1 Å². The van der Waals surface area contributed by atoms with Gasteiger partial charge in [0.25, 0.3) is 36.0 Å². The molecule has 276 valence electrons. The number of carbonyl (C=O) groups excluding carboxylic acids is 9. The molecule has 1 aliphatic heterocycles. The summed E-state index contributed by atoms with van der Waals surface area (Å²) in [5.74, 6) is -10.7. The normalized spacial score (nSPS) is 13.6. The van der Waals surface area contributed by atoms with Crippen LogP contribution >= 0.6 is 0 Å². The molecule has 1 rings (SSSR count). The average Bonchev–Trinajstić information content (AvgIpc) is 3.35. The van der Waals surface area contributed by atoms with Crippen molar-refractivity contribution in [3.05, 3.63) is 12.2 Å². The second-order valence-electron chi connectivity index (χ2n) is 11.2. The molecule has 0 aromatic heterocycles. The molecule has 2 atom stereocenters. The number of hydrogen-bond donors (Lipinski definition) is 6. The number of nitrogens with one attached hydrogen (secondary N) is 3. The molecule has 50 heavy (non-hydrogen) atoms. The van der Waals surface area contributed by atoms with Gasteiger partial charge in [0.1, 0.15) is 6.04 Å². The first-order valence-electron chi connectivity index (χ1n) is 15.3. The summed E-state index contributed by atoms with van der Waals surface area (Å²) >= 11 is 0. The standard InChI is InChI=1S/C29H41N7O14/c1-4-5-21(40)35(22(41)12-14-31-26(47)17(30)6-10-24(43)44)36(28(49)29(2,3)50-16-37)23(42)13-15-32-27(48)18(7-11-25(45)46)33-34-19(38)8-9-20(34)39/h8-9,16-18,33H,4-7,10-15,30H2,1-3H3,(H,31,47)(H,32,48)(H,43,44)(H,45,46)/t17-,18-/m0/s1. The zero-order valence-corrected chi connectivity index (χ0v) is 27.7. The van der Waals surface area contributed by atoms with Crippen molar-refractivity contribution in [3.8, 4) is 0 Å². The zero-order valence-electron chi connectivity index (χ0n) is 27.7. The molecule has 1 aliphatic rings. The van der Waals surface area contributed by atoms with E-state index in [1.54, 1.807) is 6.92 Å². The molecule has 0 bridgehead atoms. The maximum atomic E-state index is 13.6. The van der Waals surface area contributed by atoms with Crippen molar-refractivity contribution >= 4 is 65.7 Å². The number of ether oxygens (including phenoxy) is 1. The Bertz CT molecular complexity index is 1380. The minimum atomic E-state index is -2.11. The molecule has 8 amide bonds. The topological polar surface area (TPSA) is 309 Å². The lowest BCUT2D eigenvalue weighted by Gasteiger charge is -2.35. The first-order valence-corrected chi connectivity index (χ1v) is 15.3. The molecular weight excluding hydrogens is 670 g/mol. The summed E-state index contributed by atoms with van der Waals surface area (Å²) in [7, 11) is 0. The van der Waals surface area contributed by atoms with E-state index in [0.29, 0.717) is 5.01 Å². The van der Waals surface area contributed by atoms with Gasteiger partial charge in [-0.25, -0.2) is 10.4 Å². The highest BCUT2D eigenvalue weighted by atomic mass is 16.5. The molecule has 0 radical (unpaired) electrons. The van der Waals surface area contributed by atoms with Crippen molar-refractivity contribution in [3.63, 3.8) is 0 Å². The summed E-state index contributed by atoms with van der Waals surface area (Å²) in [6.45, 7) is 2.60. The second-order valence-corrected chi connectivity index (χ2v) is 11.2. The lowest BCUT2D eigenvalue weighted by Crippen LogP contribution is -2.61. The molecule has 21 nitrogen and oxygen atoms in total. The molecule has 7 N–H and O–H groups in total. The van der Waals surface area contributed by atoms with E-state index in [0.717, 1.165) is 26.0 Å². The van der Waals surface area contributed by atoms with Crippen molar-refractivity contribution in [1.29, 1.82) is 0 Å². The number of nitrogens with two attached hydrogens (primary N) is 1.